The first-order valence-electron chi connectivity index (χ1n) is 10.6. The van der Waals surface area contributed by atoms with Crippen molar-refractivity contribution >= 4 is 23.0 Å². The Kier molecular flexibility index (Phi) is 5.98. The number of aryl methyl sites for hydroxylation is 4. The third-order valence-electron chi connectivity index (χ3n) is 5.34. The second-order valence-electron chi connectivity index (χ2n) is 7.79. The van der Waals surface area contributed by atoms with Gasteiger partial charge in [0.15, 0.2) is 0 Å². The highest BCUT2D eigenvalue weighted by Gasteiger charge is 2.10. The van der Waals surface area contributed by atoms with Gasteiger partial charge in [-0.25, -0.2) is 9.13 Å². The molecule has 0 spiro atoms. The summed E-state index contributed by atoms with van der Waals surface area (Å²) in [5.41, 5.74) is 6.69. The number of benzene rings is 2. The summed E-state index contributed by atoms with van der Waals surface area (Å²) in [5.74, 6) is 0.794. The maximum atomic E-state index is 4.34. The van der Waals surface area contributed by atoms with Crippen molar-refractivity contribution in [3.63, 3.8) is 0 Å². The minimum Gasteiger partial charge on any atom is -0.356 e. The molecule has 0 saturated heterocycles. The van der Waals surface area contributed by atoms with E-state index in [1.54, 1.807) is 0 Å². The zero-order chi connectivity index (χ0) is 21.8. The predicted molar refractivity (Wildman–Crippen MR) is 125 cm³/mol. The van der Waals surface area contributed by atoms with Crippen LogP contribution < -0.4 is 9.88 Å². The van der Waals surface area contributed by atoms with Crippen molar-refractivity contribution in [3.8, 4) is 5.69 Å². The van der Waals surface area contributed by atoms with Gasteiger partial charge in [0.25, 0.3) is 0 Å². The molecule has 1 N–H and O–H groups in total. The molecule has 0 fully saturated rings. The van der Waals surface area contributed by atoms with Crippen LogP contribution >= 0.6 is 0 Å². The fourth-order valence-electron chi connectivity index (χ4n) is 3.71. The van der Waals surface area contributed by atoms with Crippen LogP contribution in [0.15, 0.2) is 83.3 Å². The normalized spacial score (nSPS) is 11.4. The minimum absolute atomic E-state index is 0.794. The zero-order valence-electron chi connectivity index (χ0n) is 18.6. The van der Waals surface area contributed by atoms with Crippen molar-refractivity contribution in [3.05, 3.63) is 84.4 Å². The molecule has 0 amide bonds. The minimum atomic E-state index is 0.794. The third kappa shape index (κ3) is 4.58. The molecular weight excluding hydrogens is 384 g/mol. The standard InChI is InChI=1S/C25H28N6/c1-5-6-23-14-7-19(2)31(23)24-15-12-21(13-16-24)26-20-8-10-22(11-9-20)27-28-25-29(3)17-18-30(25)4/h7-18H,5-6H2,1-4H3/p+1. The quantitative estimate of drug-likeness (QED) is 0.290. The SMILES string of the molecule is CCCc1ccc(C)n1-c1ccc(Nc2ccc(N=Nc3n(C)cc[n+]3C)cc2)cc1. The number of nitrogens with zero attached hydrogens (tertiary/aromatic N) is 5. The molecule has 0 unspecified atom stereocenters. The van der Waals surface area contributed by atoms with Gasteiger partial charge in [-0.15, -0.1) is 0 Å². The summed E-state index contributed by atoms with van der Waals surface area (Å²) >= 11 is 0. The lowest BCUT2D eigenvalue weighted by molar-refractivity contribution is -0.657. The fourth-order valence-corrected chi connectivity index (χ4v) is 3.71. The number of rotatable bonds is 7. The highest BCUT2D eigenvalue weighted by molar-refractivity contribution is 5.62. The van der Waals surface area contributed by atoms with Crippen LogP contribution in [0.1, 0.15) is 24.7 Å². The van der Waals surface area contributed by atoms with E-state index in [9.17, 15) is 0 Å². The van der Waals surface area contributed by atoms with E-state index in [-0.39, 0.29) is 0 Å². The molecule has 158 valence electrons. The lowest BCUT2D eigenvalue weighted by Gasteiger charge is -2.13. The number of hydrogen-bond acceptors (Lipinski definition) is 3. The van der Waals surface area contributed by atoms with Gasteiger partial charge in [0.1, 0.15) is 5.69 Å². The van der Waals surface area contributed by atoms with Gasteiger partial charge in [-0.3, -0.25) is 0 Å². The summed E-state index contributed by atoms with van der Waals surface area (Å²) < 4.78 is 6.20. The van der Waals surface area contributed by atoms with Crippen LogP contribution in [0.3, 0.4) is 0 Å². The van der Waals surface area contributed by atoms with Crippen LogP contribution in [0.25, 0.3) is 5.69 Å². The van der Waals surface area contributed by atoms with E-state index < -0.39 is 0 Å². The Balaban J connectivity index is 1.45. The van der Waals surface area contributed by atoms with Crippen molar-refractivity contribution in [2.75, 3.05) is 5.32 Å². The van der Waals surface area contributed by atoms with Gasteiger partial charge >= 0.3 is 5.95 Å². The molecule has 6 nitrogen and oxygen atoms in total. The van der Waals surface area contributed by atoms with E-state index in [4.69, 9.17) is 0 Å². The van der Waals surface area contributed by atoms with Gasteiger partial charge in [0.2, 0.25) is 0 Å². The molecule has 0 saturated carbocycles. The van der Waals surface area contributed by atoms with Crippen molar-refractivity contribution in [1.29, 1.82) is 0 Å². The Hall–Kier alpha value is -3.67. The number of azo groups is 1. The molecule has 4 aromatic rings. The van der Waals surface area contributed by atoms with Gasteiger partial charge in [-0.2, -0.15) is 0 Å². The zero-order valence-corrected chi connectivity index (χ0v) is 18.6. The average Bonchev–Trinajstić information content (AvgIpc) is 3.30. The third-order valence-corrected chi connectivity index (χ3v) is 5.34. The first-order valence-corrected chi connectivity index (χ1v) is 10.6. The van der Waals surface area contributed by atoms with E-state index in [0.717, 1.165) is 35.9 Å². The van der Waals surface area contributed by atoms with Crippen LogP contribution in [0.5, 0.6) is 0 Å². The highest BCUT2D eigenvalue weighted by Crippen LogP contribution is 2.24. The highest BCUT2D eigenvalue weighted by atomic mass is 15.3. The van der Waals surface area contributed by atoms with Gasteiger partial charge in [-0.05, 0) is 74.0 Å². The molecule has 2 heterocycles. The summed E-state index contributed by atoms with van der Waals surface area (Å²) in [5, 5.41) is 12.1. The Morgan fingerprint density at radius 1 is 0.903 bits per heavy atom. The molecule has 0 aliphatic rings. The van der Waals surface area contributed by atoms with Crippen molar-refractivity contribution in [2.24, 2.45) is 24.3 Å². The summed E-state index contributed by atoms with van der Waals surface area (Å²) in [7, 11) is 3.91. The van der Waals surface area contributed by atoms with Gasteiger partial charge in [0.05, 0.1) is 26.5 Å². The molecule has 4 rings (SSSR count). The summed E-state index contributed by atoms with van der Waals surface area (Å²) in [6.45, 7) is 4.37. The first kappa shape index (κ1) is 20.6. The molecular formula is C25H29N6+. The molecule has 0 radical (unpaired) electrons. The molecule has 0 bridgehead atoms. The Bertz CT molecular complexity index is 1160. The molecule has 2 aromatic heterocycles. The van der Waals surface area contributed by atoms with Gasteiger partial charge < -0.3 is 9.88 Å². The molecule has 0 aliphatic heterocycles. The monoisotopic (exact) mass is 413 g/mol. The van der Waals surface area contributed by atoms with Crippen LogP contribution in [-0.4, -0.2) is 9.13 Å². The van der Waals surface area contributed by atoms with E-state index in [1.165, 1.54) is 17.1 Å². The van der Waals surface area contributed by atoms with Crippen LogP contribution in [0.4, 0.5) is 23.0 Å². The molecule has 31 heavy (non-hydrogen) atoms. The fraction of sp³-hybridized carbons (Fsp3) is 0.240. The predicted octanol–water partition coefficient (Wildman–Crippen LogP) is 6.06. The maximum absolute atomic E-state index is 4.34. The van der Waals surface area contributed by atoms with Crippen molar-refractivity contribution < 1.29 is 4.57 Å². The molecule has 2 aromatic carbocycles. The Morgan fingerprint density at radius 3 is 2.19 bits per heavy atom. The van der Waals surface area contributed by atoms with Crippen molar-refractivity contribution in [1.82, 2.24) is 9.13 Å². The smallest absolute Gasteiger partial charge is 0.356 e. The Morgan fingerprint density at radius 2 is 1.58 bits per heavy atom. The van der Waals surface area contributed by atoms with E-state index in [1.807, 2.05) is 59.9 Å². The lowest BCUT2D eigenvalue weighted by atomic mass is 10.2. The second-order valence-corrected chi connectivity index (χ2v) is 7.79. The maximum Gasteiger partial charge on any atom is 0.421 e. The summed E-state index contributed by atoms with van der Waals surface area (Å²) in [6.07, 6.45) is 6.13. The Labute approximate surface area is 183 Å². The number of aromatic nitrogens is 3. The summed E-state index contributed by atoms with van der Waals surface area (Å²) in [6, 6.07) is 20.9. The number of anilines is 2. The molecule has 0 aliphatic carbocycles. The van der Waals surface area contributed by atoms with Crippen LogP contribution in [0.2, 0.25) is 0 Å². The van der Waals surface area contributed by atoms with Crippen LogP contribution in [-0.2, 0) is 20.5 Å². The van der Waals surface area contributed by atoms with Crippen molar-refractivity contribution in [2.45, 2.75) is 26.7 Å². The largest absolute Gasteiger partial charge is 0.421 e. The topological polar surface area (TPSA) is 50.5 Å². The molecule has 0 atom stereocenters. The number of imidazole rings is 1. The average molecular weight is 414 g/mol. The first-order chi connectivity index (χ1) is 15.0. The summed E-state index contributed by atoms with van der Waals surface area (Å²) in [4.78, 5) is 0. The van der Waals surface area contributed by atoms with E-state index in [2.05, 4.69) is 70.4 Å². The van der Waals surface area contributed by atoms with Gasteiger partial charge in [0, 0.05) is 33.6 Å². The number of nitrogens with one attached hydrogen (secondary N) is 1. The lowest BCUT2D eigenvalue weighted by Crippen LogP contribution is -2.25. The van der Waals surface area contributed by atoms with Crippen LogP contribution in [0, 0.1) is 6.92 Å². The van der Waals surface area contributed by atoms with E-state index in [0.29, 0.717) is 0 Å². The number of hydrogen-bond donors (Lipinski definition) is 1. The van der Waals surface area contributed by atoms with Gasteiger partial charge in [-0.1, -0.05) is 18.5 Å². The second kappa shape index (κ2) is 9.00. The molecule has 6 heteroatoms. The van der Waals surface area contributed by atoms with E-state index >= 15 is 0 Å².